The van der Waals surface area contributed by atoms with Crippen molar-refractivity contribution in [3.63, 3.8) is 0 Å². The third-order valence-electron chi connectivity index (χ3n) is 3.22. The summed E-state index contributed by atoms with van der Waals surface area (Å²) in [6.45, 7) is 0.558. The zero-order chi connectivity index (χ0) is 15.1. The average Bonchev–Trinajstić information content (AvgIpc) is 2.89. The first kappa shape index (κ1) is 15.1. The van der Waals surface area contributed by atoms with E-state index in [1.165, 1.54) is 0 Å². The largest absolute Gasteiger partial charge is 0.396 e. The number of aliphatic hydroxyl groups is 1. The maximum Gasteiger partial charge on any atom is 0.319 e. The van der Waals surface area contributed by atoms with Crippen molar-refractivity contribution in [2.45, 2.75) is 12.3 Å². The molecule has 0 saturated heterocycles. The fourth-order valence-electron chi connectivity index (χ4n) is 2.14. The van der Waals surface area contributed by atoms with Crippen LogP contribution in [0.25, 0.3) is 0 Å². The molecule has 1 aromatic heterocycles. The Morgan fingerprint density at radius 1 is 1.38 bits per heavy atom. The van der Waals surface area contributed by atoms with E-state index >= 15 is 0 Å². The zero-order valence-electron chi connectivity index (χ0n) is 12.0. The molecule has 6 heteroatoms. The predicted octanol–water partition coefficient (Wildman–Crippen LogP) is 1.71. The number of carbonyl (C=O) groups excluding carboxylic acids is 1. The number of nitrogens with zero attached hydrogens (tertiary/aromatic N) is 2. The standard InChI is InChI=1S/C15H20N4O2/c1-19-11-14(10-17-19)18-15(21)16-9-13(7-8-20)12-5-3-2-4-6-12/h2-6,10-11,13,20H,7-9H2,1H3,(H2,16,18,21). The minimum absolute atomic E-state index is 0.0888. The van der Waals surface area contributed by atoms with Crippen molar-refractivity contribution in [1.82, 2.24) is 15.1 Å². The molecule has 0 aliphatic carbocycles. The molecule has 0 spiro atoms. The van der Waals surface area contributed by atoms with Gasteiger partial charge in [-0.3, -0.25) is 4.68 Å². The Labute approximate surface area is 123 Å². The van der Waals surface area contributed by atoms with E-state index in [9.17, 15) is 4.79 Å². The Morgan fingerprint density at radius 3 is 2.76 bits per heavy atom. The molecule has 112 valence electrons. The van der Waals surface area contributed by atoms with Crippen LogP contribution in [-0.2, 0) is 7.05 Å². The molecule has 2 rings (SSSR count). The summed E-state index contributed by atoms with van der Waals surface area (Å²) in [5, 5.41) is 18.7. The van der Waals surface area contributed by atoms with Gasteiger partial charge in [0, 0.05) is 32.3 Å². The average molecular weight is 288 g/mol. The molecule has 0 aliphatic rings. The summed E-state index contributed by atoms with van der Waals surface area (Å²) in [7, 11) is 1.79. The number of aryl methyl sites for hydroxylation is 1. The van der Waals surface area contributed by atoms with E-state index in [2.05, 4.69) is 15.7 Å². The van der Waals surface area contributed by atoms with Gasteiger partial charge in [-0.05, 0) is 12.0 Å². The Hall–Kier alpha value is -2.34. The van der Waals surface area contributed by atoms with E-state index in [-0.39, 0.29) is 18.6 Å². The highest BCUT2D eigenvalue weighted by atomic mass is 16.3. The third kappa shape index (κ3) is 4.61. The first-order valence-corrected chi connectivity index (χ1v) is 6.88. The van der Waals surface area contributed by atoms with Crippen molar-refractivity contribution in [2.24, 2.45) is 7.05 Å². The lowest BCUT2D eigenvalue weighted by Crippen LogP contribution is -2.32. The molecule has 0 fully saturated rings. The van der Waals surface area contributed by atoms with Gasteiger partial charge in [-0.1, -0.05) is 30.3 Å². The van der Waals surface area contributed by atoms with Crippen molar-refractivity contribution >= 4 is 11.7 Å². The molecule has 1 aromatic carbocycles. The highest BCUT2D eigenvalue weighted by Gasteiger charge is 2.12. The van der Waals surface area contributed by atoms with E-state index in [1.807, 2.05) is 30.3 Å². The lowest BCUT2D eigenvalue weighted by atomic mass is 9.96. The molecule has 2 amide bonds. The van der Waals surface area contributed by atoms with Crippen LogP contribution in [0.15, 0.2) is 42.7 Å². The van der Waals surface area contributed by atoms with Crippen LogP contribution >= 0.6 is 0 Å². The lowest BCUT2D eigenvalue weighted by Gasteiger charge is -2.17. The van der Waals surface area contributed by atoms with Crippen molar-refractivity contribution in [3.05, 3.63) is 48.3 Å². The van der Waals surface area contributed by atoms with E-state index in [0.29, 0.717) is 18.7 Å². The summed E-state index contributed by atoms with van der Waals surface area (Å²) in [6, 6.07) is 9.58. The number of hydrogen-bond acceptors (Lipinski definition) is 3. The minimum atomic E-state index is -0.276. The second-order valence-corrected chi connectivity index (χ2v) is 4.86. The van der Waals surface area contributed by atoms with Crippen molar-refractivity contribution in [3.8, 4) is 0 Å². The molecule has 0 bridgehead atoms. The second kappa shape index (κ2) is 7.44. The van der Waals surface area contributed by atoms with E-state index in [4.69, 9.17) is 5.11 Å². The fourth-order valence-corrected chi connectivity index (χ4v) is 2.14. The van der Waals surface area contributed by atoms with Crippen LogP contribution in [0.1, 0.15) is 17.9 Å². The maximum atomic E-state index is 11.8. The number of rotatable bonds is 6. The Kier molecular flexibility index (Phi) is 5.34. The molecule has 0 saturated carbocycles. The number of urea groups is 1. The molecule has 0 radical (unpaired) electrons. The first-order valence-electron chi connectivity index (χ1n) is 6.88. The number of nitrogens with one attached hydrogen (secondary N) is 2. The van der Waals surface area contributed by atoms with Gasteiger partial charge in [-0.15, -0.1) is 0 Å². The lowest BCUT2D eigenvalue weighted by molar-refractivity contribution is 0.248. The summed E-state index contributed by atoms with van der Waals surface area (Å²) in [5.74, 6) is 0.0934. The summed E-state index contributed by atoms with van der Waals surface area (Å²) >= 11 is 0. The summed E-state index contributed by atoms with van der Waals surface area (Å²) in [6.07, 6.45) is 3.92. The number of amides is 2. The van der Waals surface area contributed by atoms with Crippen LogP contribution in [0.4, 0.5) is 10.5 Å². The van der Waals surface area contributed by atoms with E-state index < -0.39 is 0 Å². The van der Waals surface area contributed by atoms with E-state index in [1.54, 1.807) is 24.1 Å². The molecular weight excluding hydrogens is 268 g/mol. The van der Waals surface area contributed by atoms with Crippen molar-refractivity contribution < 1.29 is 9.90 Å². The maximum absolute atomic E-state index is 11.8. The number of anilines is 1. The highest BCUT2D eigenvalue weighted by molar-refractivity contribution is 5.88. The SMILES string of the molecule is Cn1cc(NC(=O)NCC(CCO)c2ccccc2)cn1. The number of aromatic nitrogens is 2. The Bertz CT molecular complexity index is 568. The molecule has 2 aromatic rings. The van der Waals surface area contributed by atoms with Gasteiger partial charge in [-0.25, -0.2) is 4.79 Å². The van der Waals surface area contributed by atoms with Crippen LogP contribution in [-0.4, -0.2) is 34.1 Å². The molecule has 1 heterocycles. The van der Waals surface area contributed by atoms with Crippen LogP contribution in [0.3, 0.4) is 0 Å². The Morgan fingerprint density at radius 2 is 2.14 bits per heavy atom. The van der Waals surface area contributed by atoms with Crippen molar-refractivity contribution in [2.75, 3.05) is 18.5 Å². The van der Waals surface area contributed by atoms with Gasteiger partial charge in [0.25, 0.3) is 0 Å². The van der Waals surface area contributed by atoms with Crippen LogP contribution in [0.2, 0.25) is 0 Å². The number of benzene rings is 1. The van der Waals surface area contributed by atoms with Gasteiger partial charge in [-0.2, -0.15) is 5.10 Å². The predicted molar refractivity (Wildman–Crippen MR) is 81.1 cm³/mol. The molecule has 3 N–H and O–H groups in total. The van der Waals surface area contributed by atoms with Crippen LogP contribution < -0.4 is 10.6 Å². The smallest absolute Gasteiger partial charge is 0.319 e. The number of aliphatic hydroxyl groups excluding tert-OH is 1. The first-order chi connectivity index (χ1) is 10.2. The Balaban J connectivity index is 1.88. The minimum Gasteiger partial charge on any atom is -0.396 e. The monoisotopic (exact) mass is 288 g/mol. The summed E-state index contributed by atoms with van der Waals surface area (Å²) < 4.78 is 1.62. The van der Waals surface area contributed by atoms with Gasteiger partial charge in [0.1, 0.15) is 0 Å². The molecular formula is C15H20N4O2. The highest BCUT2D eigenvalue weighted by Crippen LogP contribution is 2.18. The molecule has 1 atom stereocenters. The summed E-state index contributed by atoms with van der Waals surface area (Å²) in [4.78, 5) is 11.8. The molecule has 0 aliphatic heterocycles. The van der Waals surface area contributed by atoms with E-state index in [0.717, 1.165) is 5.56 Å². The molecule has 1 unspecified atom stereocenters. The fraction of sp³-hybridized carbons (Fsp3) is 0.333. The van der Waals surface area contributed by atoms with Crippen LogP contribution in [0, 0.1) is 0 Å². The van der Waals surface area contributed by atoms with Crippen LogP contribution in [0.5, 0.6) is 0 Å². The molecule has 6 nitrogen and oxygen atoms in total. The van der Waals surface area contributed by atoms with Gasteiger partial charge in [0.2, 0.25) is 0 Å². The normalized spacial score (nSPS) is 11.9. The third-order valence-corrected chi connectivity index (χ3v) is 3.22. The van der Waals surface area contributed by atoms with Crippen molar-refractivity contribution in [1.29, 1.82) is 0 Å². The topological polar surface area (TPSA) is 79.2 Å². The van der Waals surface area contributed by atoms with Gasteiger partial charge in [0.05, 0.1) is 11.9 Å². The number of carbonyl (C=O) groups is 1. The zero-order valence-corrected chi connectivity index (χ0v) is 12.0. The molecule has 21 heavy (non-hydrogen) atoms. The number of hydrogen-bond donors (Lipinski definition) is 3. The van der Waals surface area contributed by atoms with Gasteiger partial charge < -0.3 is 15.7 Å². The van der Waals surface area contributed by atoms with Gasteiger partial charge in [0.15, 0.2) is 0 Å². The second-order valence-electron chi connectivity index (χ2n) is 4.86. The van der Waals surface area contributed by atoms with Gasteiger partial charge >= 0.3 is 6.03 Å². The summed E-state index contributed by atoms with van der Waals surface area (Å²) in [5.41, 5.74) is 1.75. The quantitative estimate of drug-likeness (QED) is 0.757.